The maximum absolute atomic E-state index is 8.39. The highest BCUT2D eigenvalue weighted by Crippen LogP contribution is 1.89. The number of nitrogens with zero attached hydrogens (tertiary/aromatic N) is 4. The summed E-state index contributed by atoms with van der Waals surface area (Å²) in [5, 5.41) is 18.4. The van der Waals surface area contributed by atoms with E-state index in [1.807, 2.05) is 0 Å². The van der Waals surface area contributed by atoms with Gasteiger partial charge in [0.25, 0.3) is 0 Å². The summed E-state index contributed by atoms with van der Waals surface area (Å²) in [6, 6.07) is -0.205. The number of hydrogen-bond donors (Lipinski definition) is 3. The second kappa shape index (κ2) is 4.56. The first kappa shape index (κ1) is 10.5. The molecule has 14 heavy (non-hydrogen) atoms. The van der Waals surface area contributed by atoms with Crippen LogP contribution in [0.25, 0.3) is 0 Å². The van der Waals surface area contributed by atoms with Gasteiger partial charge in [-0.1, -0.05) is 5.16 Å². The maximum Gasteiger partial charge on any atom is 0.164 e. The van der Waals surface area contributed by atoms with E-state index < -0.39 is 0 Å². The molecule has 1 aromatic heterocycles. The van der Waals surface area contributed by atoms with E-state index in [0.717, 1.165) is 0 Å². The molecule has 0 saturated carbocycles. The van der Waals surface area contributed by atoms with E-state index in [4.69, 9.17) is 10.9 Å². The van der Waals surface area contributed by atoms with Gasteiger partial charge in [-0.05, 0) is 6.92 Å². The fraction of sp³-hybridized carbons (Fsp3) is 0.571. The van der Waals surface area contributed by atoms with Crippen LogP contribution in [0.2, 0.25) is 0 Å². The van der Waals surface area contributed by atoms with Crippen molar-refractivity contribution in [2.45, 2.75) is 19.5 Å². The Kier molecular flexibility index (Phi) is 3.41. The molecule has 0 radical (unpaired) electrons. The molecule has 0 bridgehead atoms. The predicted octanol–water partition coefficient (Wildman–Crippen LogP) is -0.960. The smallest absolute Gasteiger partial charge is 0.164 e. The molecule has 0 aromatic carbocycles. The Balaban J connectivity index is 2.41. The third-order valence-corrected chi connectivity index (χ3v) is 1.77. The molecular weight excluding hydrogens is 184 g/mol. The fourth-order valence-electron chi connectivity index (χ4n) is 0.900. The molecule has 0 aliphatic rings. The summed E-state index contributed by atoms with van der Waals surface area (Å²) in [4.78, 5) is 4.02. The highest BCUT2D eigenvalue weighted by Gasteiger charge is 2.07. The largest absolute Gasteiger partial charge is 0.409 e. The number of nitrogens with one attached hydrogen (secondary N) is 1. The van der Waals surface area contributed by atoms with Crippen molar-refractivity contribution in [3.63, 3.8) is 0 Å². The topological polar surface area (TPSA) is 101 Å². The summed E-state index contributed by atoms with van der Waals surface area (Å²) in [5.41, 5.74) is 5.38. The average Bonchev–Trinajstić information content (AvgIpc) is 2.59. The minimum atomic E-state index is -0.205. The molecule has 0 spiro atoms. The van der Waals surface area contributed by atoms with E-state index in [0.29, 0.717) is 12.4 Å². The second-order valence-corrected chi connectivity index (χ2v) is 2.96. The molecule has 1 unspecified atom stereocenters. The normalized spacial score (nSPS) is 14.3. The first-order valence-corrected chi connectivity index (χ1v) is 4.18. The molecule has 1 atom stereocenters. The van der Waals surface area contributed by atoms with Crippen LogP contribution in [0, 0.1) is 0 Å². The number of nitrogens with two attached hydrogens (primary N) is 1. The van der Waals surface area contributed by atoms with Gasteiger partial charge in [0.2, 0.25) is 0 Å². The molecule has 0 aliphatic carbocycles. The van der Waals surface area contributed by atoms with Crippen LogP contribution in [-0.4, -0.2) is 31.8 Å². The van der Waals surface area contributed by atoms with Crippen LogP contribution in [0.3, 0.4) is 0 Å². The zero-order chi connectivity index (χ0) is 10.6. The Morgan fingerprint density at radius 2 is 2.57 bits per heavy atom. The van der Waals surface area contributed by atoms with E-state index in [9.17, 15) is 0 Å². The van der Waals surface area contributed by atoms with Crippen molar-refractivity contribution in [3.8, 4) is 0 Å². The monoisotopic (exact) mass is 198 g/mol. The number of hydrogen-bond acceptors (Lipinski definition) is 5. The second-order valence-electron chi connectivity index (χ2n) is 2.96. The maximum atomic E-state index is 8.39. The number of aryl methyl sites for hydroxylation is 1. The zero-order valence-corrected chi connectivity index (χ0v) is 8.18. The molecule has 0 fully saturated rings. The summed E-state index contributed by atoms with van der Waals surface area (Å²) < 4.78 is 1.62. The Morgan fingerprint density at radius 3 is 3.07 bits per heavy atom. The Hall–Kier alpha value is -1.63. The third kappa shape index (κ3) is 2.70. The van der Waals surface area contributed by atoms with Crippen LogP contribution in [0.1, 0.15) is 12.7 Å². The number of aromatic nitrogens is 3. The van der Waals surface area contributed by atoms with Gasteiger partial charge in [0.15, 0.2) is 11.7 Å². The van der Waals surface area contributed by atoms with E-state index in [-0.39, 0.29) is 11.9 Å². The first-order chi connectivity index (χ1) is 6.63. The van der Waals surface area contributed by atoms with Gasteiger partial charge in [-0.15, -0.1) is 0 Å². The summed E-state index contributed by atoms with van der Waals surface area (Å²) in [6.07, 6.45) is 1.62. The van der Waals surface area contributed by atoms with Gasteiger partial charge in [0.05, 0.1) is 12.6 Å². The Bertz CT molecular complexity index is 320. The lowest BCUT2D eigenvalue weighted by atomic mass is 10.3. The van der Waals surface area contributed by atoms with Gasteiger partial charge < -0.3 is 16.3 Å². The van der Waals surface area contributed by atoms with Gasteiger partial charge in [0.1, 0.15) is 6.33 Å². The lowest BCUT2D eigenvalue weighted by Gasteiger charge is -2.09. The number of amidine groups is 1. The van der Waals surface area contributed by atoms with Crippen molar-refractivity contribution >= 4 is 5.84 Å². The lowest BCUT2D eigenvalue weighted by molar-refractivity contribution is 0.315. The zero-order valence-electron chi connectivity index (χ0n) is 8.18. The van der Waals surface area contributed by atoms with Crippen molar-refractivity contribution in [2.24, 2.45) is 17.9 Å². The van der Waals surface area contributed by atoms with Crippen LogP contribution >= 0.6 is 0 Å². The standard InChI is InChI=1S/C7H14N6O/c1-5(7(8)12-14)9-3-6-10-4-13(2)11-6/h4-5,9,14H,3H2,1-2H3,(H2,8,12). The summed E-state index contributed by atoms with van der Waals surface area (Å²) in [5.74, 6) is 0.811. The van der Waals surface area contributed by atoms with Crippen LogP contribution in [0.15, 0.2) is 11.5 Å². The summed E-state index contributed by atoms with van der Waals surface area (Å²) in [6.45, 7) is 2.27. The molecule has 78 valence electrons. The van der Waals surface area contributed by atoms with Gasteiger partial charge in [-0.2, -0.15) is 5.10 Å². The summed E-state index contributed by atoms with van der Waals surface area (Å²) in [7, 11) is 1.80. The molecule has 0 aliphatic heterocycles. The highest BCUT2D eigenvalue weighted by atomic mass is 16.4. The minimum absolute atomic E-state index is 0.140. The Labute approximate surface area is 81.6 Å². The molecule has 4 N–H and O–H groups in total. The van der Waals surface area contributed by atoms with Crippen molar-refractivity contribution in [1.82, 2.24) is 20.1 Å². The van der Waals surface area contributed by atoms with Crippen LogP contribution < -0.4 is 11.1 Å². The van der Waals surface area contributed by atoms with Crippen LogP contribution in [-0.2, 0) is 13.6 Å². The summed E-state index contributed by atoms with van der Waals surface area (Å²) >= 11 is 0. The van der Waals surface area contributed by atoms with Crippen molar-refractivity contribution in [1.29, 1.82) is 0 Å². The Morgan fingerprint density at radius 1 is 1.86 bits per heavy atom. The van der Waals surface area contributed by atoms with E-state index >= 15 is 0 Å². The first-order valence-electron chi connectivity index (χ1n) is 4.18. The van der Waals surface area contributed by atoms with Crippen LogP contribution in [0.5, 0.6) is 0 Å². The van der Waals surface area contributed by atoms with Gasteiger partial charge in [-0.3, -0.25) is 4.68 Å². The predicted molar refractivity (Wildman–Crippen MR) is 50.7 cm³/mol. The highest BCUT2D eigenvalue weighted by molar-refractivity contribution is 5.84. The third-order valence-electron chi connectivity index (χ3n) is 1.77. The van der Waals surface area contributed by atoms with Crippen molar-refractivity contribution in [2.75, 3.05) is 0 Å². The van der Waals surface area contributed by atoms with Crippen LogP contribution in [0.4, 0.5) is 0 Å². The van der Waals surface area contributed by atoms with Gasteiger partial charge >= 0.3 is 0 Å². The molecule has 0 saturated heterocycles. The van der Waals surface area contributed by atoms with Crippen molar-refractivity contribution in [3.05, 3.63) is 12.2 Å². The average molecular weight is 198 g/mol. The van der Waals surface area contributed by atoms with E-state index in [1.165, 1.54) is 0 Å². The molecule has 1 rings (SSSR count). The van der Waals surface area contributed by atoms with Gasteiger partial charge in [-0.25, -0.2) is 4.98 Å². The number of oxime groups is 1. The van der Waals surface area contributed by atoms with Gasteiger partial charge in [0, 0.05) is 7.05 Å². The molecular formula is C7H14N6O. The quantitative estimate of drug-likeness (QED) is 0.250. The van der Waals surface area contributed by atoms with Crippen molar-refractivity contribution < 1.29 is 5.21 Å². The van der Waals surface area contributed by atoms with E-state index in [2.05, 4.69) is 20.6 Å². The number of rotatable bonds is 4. The van der Waals surface area contributed by atoms with E-state index in [1.54, 1.807) is 25.0 Å². The minimum Gasteiger partial charge on any atom is -0.409 e. The fourth-order valence-corrected chi connectivity index (χ4v) is 0.900. The molecule has 7 nitrogen and oxygen atoms in total. The molecule has 1 heterocycles. The molecule has 0 amide bonds. The lowest BCUT2D eigenvalue weighted by Crippen LogP contribution is -2.38. The molecule has 1 aromatic rings. The SMILES string of the molecule is CC(NCc1ncn(C)n1)C(N)=NO. The molecule has 7 heteroatoms.